The second-order valence-corrected chi connectivity index (χ2v) is 5.92. The number of hydrogen-bond acceptors (Lipinski definition) is 6. The molecule has 0 bridgehead atoms. The summed E-state index contributed by atoms with van der Waals surface area (Å²) < 4.78 is 8.53. The summed E-state index contributed by atoms with van der Waals surface area (Å²) in [6, 6.07) is 7.66. The third kappa shape index (κ3) is 4.29. The fraction of sp³-hybridized carbons (Fsp3) is 0.235. The largest absolute Gasteiger partial charge is 0.464 e. The summed E-state index contributed by atoms with van der Waals surface area (Å²) in [7, 11) is 3.49. The number of aryl methyl sites for hydroxylation is 1. The van der Waals surface area contributed by atoms with E-state index in [0.29, 0.717) is 6.54 Å². The zero-order valence-electron chi connectivity index (χ0n) is 14.8. The van der Waals surface area contributed by atoms with Crippen LogP contribution in [0.1, 0.15) is 16.1 Å². The summed E-state index contributed by atoms with van der Waals surface area (Å²) in [5.41, 5.74) is 1.04. The van der Waals surface area contributed by atoms with Crippen molar-refractivity contribution in [2.75, 3.05) is 7.05 Å². The lowest BCUT2D eigenvalue weighted by atomic mass is 10.3. The fourth-order valence-electron chi connectivity index (χ4n) is 2.51. The van der Waals surface area contributed by atoms with Crippen LogP contribution in [0.15, 0.2) is 48.9 Å². The minimum Gasteiger partial charge on any atom is -0.464 e. The minimum absolute atomic E-state index is 0.0511. The normalized spacial score (nSPS) is 10.6. The number of rotatable bonds is 7. The quantitative estimate of drug-likeness (QED) is 0.464. The van der Waals surface area contributed by atoms with E-state index >= 15 is 0 Å². The third-order valence-electron chi connectivity index (χ3n) is 3.80. The Hall–Kier alpha value is -3.69. The highest BCUT2D eigenvalue weighted by Gasteiger charge is 2.17. The maximum Gasteiger partial charge on any atom is 0.311 e. The van der Waals surface area contributed by atoms with Crippen LogP contribution in [0.3, 0.4) is 0 Å². The van der Waals surface area contributed by atoms with Crippen molar-refractivity contribution in [3.8, 4) is 5.75 Å². The van der Waals surface area contributed by atoms with Gasteiger partial charge in [-0.15, -0.1) is 0 Å². The Morgan fingerprint density at radius 1 is 1.33 bits per heavy atom. The Bertz CT molecular complexity index is 964. The maximum absolute atomic E-state index is 12.5. The third-order valence-corrected chi connectivity index (χ3v) is 3.80. The van der Waals surface area contributed by atoms with Gasteiger partial charge < -0.3 is 9.64 Å². The molecule has 2 aromatic heterocycles. The first kappa shape index (κ1) is 18.1. The van der Waals surface area contributed by atoms with Crippen molar-refractivity contribution in [2.45, 2.75) is 13.3 Å². The van der Waals surface area contributed by atoms with Crippen LogP contribution in [0.5, 0.6) is 5.75 Å². The van der Waals surface area contributed by atoms with E-state index in [1.165, 1.54) is 21.7 Å². The van der Waals surface area contributed by atoms with E-state index in [-0.39, 0.29) is 29.8 Å². The molecule has 140 valence electrons. The van der Waals surface area contributed by atoms with Crippen LogP contribution < -0.4 is 4.74 Å². The van der Waals surface area contributed by atoms with Crippen LogP contribution in [0.4, 0.5) is 5.69 Å². The van der Waals surface area contributed by atoms with Crippen molar-refractivity contribution >= 4 is 11.6 Å². The molecule has 0 aliphatic rings. The number of nitro groups is 1. The second kappa shape index (κ2) is 7.68. The summed E-state index contributed by atoms with van der Waals surface area (Å²) in [6.07, 6.45) is 5.12. The number of para-hydroxylation sites is 2. The van der Waals surface area contributed by atoms with Gasteiger partial charge in [0.2, 0.25) is 0 Å². The van der Waals surface area contributed by atoms with E-state index in [2.05, 4.69) is 10.2 Å². The number of hydrogen-bond donors (Lipinski definition) is 0. The molecule has 0 atom stereocenters. The predicted molar refractivity (Wildman–Crippen MR) is 95.0 cm³/mol. The summed E-state index contributed by atoms with van der Waals surface area (Å²) in [6.45, 7) is 0.358. The molecule has 0 unspecified atom stereocenters. The molecule has 27 heavy (non-hydrogen) atoms. The van der Waals surface area contributed by atoms with Crippen LogP contribution in [-0.2, 0) is 20.3 Å². The number of aromatic nitrogens is 4. The lowest BCUT2D eigenvalue weighted by molar-refractivity contribution is -0.386. The van der Waals surface area contributed by atoms with E-state index in [1.807, 2.05) is 13.2 Å². The number of carbonyl (C=O) groups is 1. The van der Waals surface area contributed by atoms with Gasteiger partial charge in [0.1, 0.15) is 0 Å². The Morgan fingerprint density at radius 3 is 2.81 bits per heavy atom. The molecule has 0 saturated heterocycles. The molecule has 0 spiro atoms. The van der Waals surface area contributed by atoms with E-state index in [4.69, 9.17) is 4.74 Å². The summed E-state index contributed by atoms with van der Waals surface area (Å²) in [4.78, 5) is 24.5. The molecule has 0 fully saturated rings. The SMILES string of the molecule is CN(Cc1cnn(C)c1)C(=O)c1ccn(COc2ccccc2[N+](=O)[O-])n1. The Balaban J connectivity index is 1.62. The smallest absolute Gasteiger partial charge is 0.311 e. The van der Waals surface area contributed by atoms with Crippen molar-refractivity contribution in [3.05, 3.63) is 70.3 Å². The van der Waals surface area contributed by atoms with Gasteiger partial charge in [-0.25, -0.2) is 4.68 Å². The predicted octanol–water partition coefficient (Wildman–Crippen LogP) is 1.83. The number of nitro benzene ring substituents is 1. The topological polar surface area (TPSA) is 108 Å². The Morgan fingerprint density at radius 2 is 2.11 bits per heavy atom. The van der Waals surface area contributed by atoms with Gasteiger partial charge in [0.25, 0.3) is 5.91 Å². The molecule has 10 nitrogen and oxygen atoms in total. The second-order valence-electron chi connectivity index (χ2n) is 5.92. The average Bonchev–Trinajstić information content (AvgIpc) is 3.28. The minimum atomic E-state index is -0.513. The van der Waals surface area contributed by atoms with Crippen molar-refractivity contribution in [2.24, 2.45) is 7.05 Å². The molecule has 3 aromatic rings. The molecular formula is C17H18N6O4. The standard InChI is InChI=1S/C17H18N6O4/c1-20(10-13-9-18-21(2)11-13)17(24)14-7-8-22(19-14)12-27-16-6-4-3-5-15(16)23(25)26/h3-9,11H,10,12H2,1-2H3. The molecule has 1 aromatic carbocycles. The number of amides is 1. The number of nitrogens with zero attached hydrogens (tertiary/aromatic N) is 6. The van der Waals surface area contributed by atoms with E-state index in [0.717, 1.165) is 5.56 Å². The van der Waals surface area contributed by atoms with Gasteiger partial charge in [-0.2, -0.15) is 10.2 Å². The monoisotopic (exact) mass is 370 g/mol. The number of carbonyl (C=O) groups excluding carboxylic acids is 1. The average molecular weight is 370 g/mol. The van der Waals surface area contributed by atoms with Crippen LogP contribution in [0.25, 0.3) is 0 Å². The highest BCUT2D eigenvalue weighted by molar-refractivity contribution is 5.91. The highest BCUT2D eigenvalue weighted by Crippen LogP contribution is 2.25. The highest BCUT2D eigenvalue weighted by atomic mass is 16.6. The van der Waals surface area contributed by atoms with Crippen LogP contribution in [0, 0.1) is 10.1 Å². The first-order chi connectivity index (χ1) is 12.9. The van der Waals surface area contributed by atoms with Crippen LogP contribution in [-0.4, -0.2) is 42.3 Å². The first-order valence-electron chi connectivity index (χ1n) is 8.06. The Kier molecular flexibility index (Phi) is 5.15. The van der Waals surface area contributed by atoms with Gasteiger partial charge in [-0.05, 0) is 12.1 Å². The first-order valence-corrected chi connectivity index (χ1v) is 8.06. The van der Waals surface area contributed by atoms with Crippen LogP contribution in [0.2, 0.25) is 0 Å². The summed E-state index contributed by atoms with van der Waals surface area (Å²) in [5.74, 6) is -0.108. The molecule has 0 radical (unpaired) electrons. The summed E-state index contributed by atoms with van der Waals surface area (Å²) >= 11 is 0. The molecule has 10 heteroatoms. The van der Waals surface area contributed by atoms with E-state index in [9.17, 15) is 14.9 Å². The van der Waals surface area contributed by atoms with Crippen molar-refractivity contribution < 1.29 is 14.5 Å². The molecule has 0 N–H and O–H groups in total. The molecule has 0 aliphatic carbocycles. The van der Waals surface area contributed by atoms with Crippen molar-refractivity contribution in [1.82, 2.24) is 24.5 Å². The maximum atomic E-state index is 12.5. The molecule has 3 rings (SSSR count). The van der Waals surface area contributed by atoms with Gasteiger partial charge >= 0.3 is 5.69 Å². The Labute approximate surface area is 154 Å². The fourth-order valence-corrected chi connectivity index (χ4v) is 2.51. The lowest BCUT2D eigenvalue weighted by Gasteiger charge is -2.14. The lowest BCUT2D eigenvalue weighted by Crippen LogP contribution is -2.26. The van der Waals surface area contributed by atoms with Gasteiger partial charge in [-0.1, -0.05) is 12.1 Å². The van der Waals surface area contributed by atoms with Crippen LogP contribution >= 0.6 is 0 Å². The van der Waals surface area contributed by atoms with Gasteiger partial charge in [-0.3, -0.25) is 19.6 Å². The molecule has 0 saturated carbocycles. The molecular weight excluding hydrogens is 352 g/mol. The van der Waals surface area contributed by atoms with Crippen molar-refractivity contribution in [3.63, 3.8) is 0 Å². The molecule has 1 amide bonds. The van der Waals surface area contributed by atoms with E-state index in [1.54, 1.807) is 42.3 Å². The van der Waals surface area contributed by atoms with E-state index < -0.39 is 4.92 Å². The summed E-state index contributed by atoms with van der Waals surface area (Å²) in [5, 5.41) is 19.3. The number of benzene rings is 1. The van der Waals surface area contributed by atoms with Gasteiger partial charge in [0.15, 0.2) is 18.2 Å². The van der Waals surface area contributed by atoms with Crippen molar-refractivity contribution in [1.29, 1.82) is 0 Å². The zero-order valence-corrected chi connectivity index (χ0v) is 14.8. The number of ether oxygens (including phenoxy) is 1. The zero-order chi connectivity index (χ0) is 19.4. The van der Waals surface area contributed by atoms with Gasteiger partial charge in [0, 0.05) is 44.7 Å². The molecule has 0 aliphatic heterocycles. The van der Waals surface area contributed by atoms with Gasteiger partial charge in [0.05, 0.1) is 11.1 Å². The molecule has 2 heterocycles.